The maximum Gasteiger partial charge on any atom is 0.0541 e. The molecule has 29 rings (SSSR count). The first kappa shape index (κ1) is 82.6. The first-order valence-electron chi connectivity index (χ1n) is 48.8. The van der Waals surface area contributed by atoms with Gasteiger partial charge in [0, 0.05) is 98.8 Å². The Labute approximate surface area is 821 Å². The zero-order valence-electron chi connectivity index (χ0n) is 77.6. The predicted molar refractivity (Wildman–Crippen MR) is 601 cm³/mol. The second-order valence-corrected chi connectivity index (χ2v) is 37.0. The van der Waals surface area contributed by atoms with Crippen LogP contribution in [0.2, 0.25) is 0 Å². The first-order valence-corrected chi connectivity index (χ1v) is 48.8. The Bertz CT molecular complexity index is 9770. The van der Waals surface area contributed by atoms with Gasteiger partial charge in [0.25, 0.3) is 0 Å². The van der Waals surface area contributed by atoms with E-state index in [9.17, 15) is 0 Å². The lowest BCUT2D eigenvalue weighted by atomic mass is 10.0. The van der Waals surface area contributed by atoms with Crippen molar-refractivity contribution in [3.05, 3.63) is 546 Å². The van der Waals surface area contributed by atoms with E-state index in [0.717, 1.165) is 22.7 Å². The molecule has 0 fully saturated rings. The molecule has 0 saturated carbocycles. The van der Waals surface area contributed by atoms with E-state index < -0.39 is 0 Å². The van der Waals surface area contributed by atoms with Gasteiger partial charge in [0.15, 0.2) is 0 Å². The largest absolute Gasteiger partial charge is 0.309 e. The summed E-state index contributed by atoms with van der Waals surface area (Å²) in [4.78, 5) is 0. The standard InChI is InChI=1S/2C48H32N2.C40H26N2/c1-3-13-33(14-4-1)35-17-11-19-39(29-35)49-45-23-9-7-21-41(45)43-31-37(25-27-47(43)49)38-26-28-48-44(32-38)42-22-8-10-24-46(42)50(48)40-20-12-18-36(30-40)34-15-5-2-6-16-34;1-3-12-33(13-4-1)35-22-26-39(27-23-35)49-45-20-9-7-18-41(45)43-31-37(24-28-47(43)49)38-25-29-48-44(32-38)42-19-8-10-21-46(42)50(48)40-17-11-16-36(30-40)34-14-5-2-6-15-34;1-2-12-31(13-3-1)41-37-16-8-6-14-33(37)35-25-29(19-22-39(35)41)30-20-23-40-36(26-30)34-15-7-9-17-38(34)42(40)32-21-18-27-10-4-5-11-28(27)24-32/h2*1-32H;1-26H. The highest BCUT2D eigenvalue weighted by Crippen LogP contribution is 2.46. The smallest absolute Gasteiger partial charge is 0.0541 e. The minimum absolute atomic E-state index is 1.16. The van der Waals surface area contributed by atoms with Crippen molar-refractivity contribution < 1.29 is 0 Å². The molecule has 0 atom stereocenters. The molecule has 0 amide bonds. The Hall–Kier alpha value is -18.9. The number of nitrogens with zero attached hydrogens (tertiary/aromatic N) is 6. The lowest BCUT2D eigenvalue weighted by Gasteiger charge is -2.11. The summed E-state index contributed by atoms with van der Waals surface area (Å²) in [6.45, 7) is 0. The van der Waals surface area contributed by atoms with Gasteiger partial charge in [-0.2, -0.15) is 0 Å². The summed E-state index contributed by atoms with van der Waals surface area (Å²) in [6, 6.07) is 198. The summed E-state index contributed by atoms with van der Waals surface area (Å²) >= 11 is 0. The van der Waals surface area contributed by atoms with Crippen LogP contribution in [0.3, 0.4) is 0 Å². The molecule has 0 aliphatic rings. The molecule has 6 heterocycles. The van der Waals surface area contributed by atoms with Gasteiger partial charge >= 0.3 is 0 Å². The fourth-order valence-corrected chi connectivity index (χ4v) is 22.3. The second-order valence-electron chi connectivity index (χ2n) is 37.0. The van der Waals surface area contributed by atoms with Crippen LogP contribution in [0.15, 0.2) is 546 Å². The minimum atomic E-state index is 1.16. The van der Waals surface area contributed by atoms with Gasteiger partial charge in [-0.25, -0.2) is 0 Å². The van der Waals surface area contributed by atoms with Gasteiger partial charge in [0.1, 0.15) is 0 Å². The molecular formula is C136H90N6. The Morgan fingerprint density at radius 3 is 0.549 bits per heavy atom. The van der Waals surface area contributed by atoms with Crippen molar-refractivity contribution >= 4 is 142 Å². The van der Waals surface area contributed by atoms with Crippen molar-refractivity contribution in [1.29, 1.82) is 0 Å². The SMILES string of the molecule is c1ccc(-c2ccc(-n3c4ccccc4c4cc(-c5ccc6c(c5)c5ccccc5n6-c5cccc(-c6ccccc6)c5)ccc43)cc2)cc1.c1ccc(-c2cccc(-n3c4ccccc4c4cc(-c5ccc6c(c5)c5ccccc5n6-c5cccc(-c6ccccc6)c5)ccc43)c2)cc1.c1ccc(-n2c3ccccc3c3cc(-c4ccc5c(c4)c4ccccc4n5-c4ccc5ccccc5c4)ccc32)cc1. The quantitative estimate of drug-likeness (QED) is 0.110. The first-order chi connectivity index (χ1) is 70.4. The van der Waals surface area contributed by atoms with E-state index in [1.54, 1.807) is 0 Å². The molecule has 6 heteroatoms. The van der Waals surface area contributed by atoms with E-state index in [4.69, 9.17) is 0 Å². The highest BCUT2D eigenvalue weighted by molar-refractivity contribution is 6.17. The number of rotatable bonds is 13. The number of hydrogen-bond acceptors (Lipinski definition) is 0. The number of hydrogen-bond donors (Lipinski definition) is 0. The summed E-state index contributed by atoms with van der Waals surface area (Å²) in [5.74, 6) is 0. The van der Waals surface area contributed by atoms with Crippen LogP contribution in [0.1, 0.15) is 0 Å². The van der Waals surface area contributed by atoms with Crippen LogP contribution in [-0.2, 0) is 0 Å². The molecule has 0 saturated heterocycles. The highest BCUT2D eigenvalue weighted by Gasteiger charge is 2.24. The van der Waals surface area contributed by atoms with Crippen LogP contribution in [0.4, 0.5) is 0 Å². The van der Waals surface area contributed by atoms with E-state index in [0.29, 0.717) is 0 Å². The van der Waals surface area contributed by atoms with Crippen molar-refractivity contribution in [3.8, 4) is 112 Å². The van der Waals surface area contributed by atoms with Gasteiger partial charge in [-0.1, -0.05) is 364 Å². The average molecular weight is 1810 g/mol. The van der Waals surface area contributed by atoms with E-state index in [-0.39, 0.29) is 0 Å². The van der Waals surface area contributed by atoms with Crippen molar-refractivity contribution in [2.24, 2.45) is 0 Å². The van der Waals surface area contributed by atoms with Crippen molar-refractivity contribution in [1.82, 2.24) is 27.4 Å². The lowest BCUT2D eigenvalue weighted by Crippen LogP contribution is -1.94. The molecule has 0 N–H and O–H groups in total. The Balaban J connectivity index is 0.000000107. The minimum Gasteiger partial charge on any atom is -0.309 e. The van der Waals surface area contributed by atoms with Crippen molar-refractivity contribution in [3.63, 3.8) is 0 Å². The molecule has 29 aromatic rings. The molecule has 23 aromatic carbocycles. The van der Waals surface area contributed by atoms with Gasteiger partial charge in [-0.05, 0) is 271 Å². The van der Waals surface area contributed by atoms with Crippen LogP contribution >= 0.6 is 0 Å². The summed E-state index contributed by atoms with van der Waals surface area (Å²) in [7, 11) is 0. The molecule has 0 spiro atoms. The van der Waals surface area contributed by atoms with Gasteiger partial charge in [0.05, 0.1) is 66.2 Å². The van der Waals surface area contributed by atoms with Crippen LogP contribution in [0, 0.1) is 0 Å². The van der Waals surface area contributed by atoms with E-state index >= 15 is 0 Å². The molecule has 0 aliphatic carbocycles. The molecule has 6 nitrogen and oxygen atoms in total. The number of benzene rings is 23. The fraction of sp³-hybridized carbons (Fsp3) is 0. The summed E-state index contributed by atoms with van der Waals surface area (Å²) in [5, 5.41) is 17.6. The molecule has 142 heavy (non-hydrogen) atoms. The molecule has 6 aromatic heterocycles. The number of aromatic nitrogens is 6. The summed E-state index contributed by atoms with van der Waals surface area (Å²) in [6.07, 6.45) is 0. The van der Waals surface area contributed by atoms with Crippen LogP contribution in [0.5, 0.6) is 0 Å². The predicted octanol–water partition coefficient (Wildman–Crippen LogP) is 36.5. The molecule has 664 valence electrons. The third-order valence-corrected chi connectivity index (χ3v) is 28.9. The maximum atomic E-state index is 2.40. The van der Waals surface area contributed by atoms with Gasteiger partial charge in [0.2, 0.25) is 0 Å². The second kappa shape index (κ2) is 34.7. The normalized spacial score (nSPS) is 11.7. The number of fused-ring (bicyclic) bond motifs is 19. The molecule has 0 unspecified atom stereocenters. The van der Waals surface area contributed by atoms with Crippen LogP contribution in [0.25, 0.3) is 254 Å². The number of para-hydroxylation sites is 7. The van der Waals surface area contributed by atoms with Crippen LogP contribution < -0.4 is 0 Å². The van der Waals surface area contributed by atoms with Gasteiger partial charge in [-0.3, -0.25) is 0 Å². The lowest BCUT2D eigenvalue weighted by molar-refractivity contribution is 1.18. The summed E-state index contributed by atoms with van der Waals surface area (Å²) in [5.41, 5.74) is 38.6. The Morgan fingerprint density at radius 2 is 0.261 bits per heavy atom. The monoisotopic (exact) mass is 1810 g/mol. The molecular weight excluding hydrogens is 1720 g/mol. The average Bonchev–Trinajstić information content (AvgIpc) is 1.60. The maximum absolute atomic E-state index is 2.40. The van der Waals surface area contributed by atoms with Crippen LogP contribution in [-0.4, -0.2) is 27.4 Å². The van der Waals surface area contributed by atoms with Gasteiger partial charge in [-0.15, -0.1) is 0 Å². The topological polar surface area (TPSA) is 29.6 Å². The third-order valence-electron chi connectivity index (χ3n) is 28.9. The van der Waals surface area contributed by atoms with E-state index in [1.165, 1.54) is 231 Å². The molecule has 0 aliphatic heterocycles. The molecule has 0 radical (unpaired) electrons. The van der Waals surface area contributed by atoms with Crippen molar-refractivity contribution in [2.45, 2.75) is 0 Å². The van der Waals surface area contributed by atoms with Crippen molar-refractivity contribution in [2.75, 3.05) is 0 Å². The van der Waals surface area contributed by atoms with E-state index in [2.05, 4.69) is 573 Å². The third kappa shape index (κ3) is 14.3. The Kier molecular flexibility index (Phi) is 20.2. The summed E-state index contributed by atoms with van der Waals surface area (Å²) < 4.78 is 14.4. The zero-order chi connectivity index (χ0) is 93.7. The van der Waals surface area contributed by atoms with E-state index in [1.807, 2.05) is 0 Å². The molecule has 0 bridgehead atoms. The zero-order valence-corrected chi connectivity index (χ0v) is 77.6. The Morgan fingerprint density at radius 1 is 0.0845 bits per heavy atom. The van der Waals surface area contributed by atoms with Gasteiger partial charge < -0.3 is 27.4 Å². The fourth-order valence-electron chi connectivity index (χ4n) is 22.3. The highest BCUT2D eigenvalue weighted by atomic mass is 15.0.